The smallest absolute Gasteiger partial charge is 0.338 e. The van der Waals surface area contributed by atoms with Crippen molar-refractivity contribution in [1.82, 2.24) is 0 Å². The highest BCUT2D eigenvalue weighted by molar-refractivity contribution is 6.89. The first-order valence-electron chi connectivity index (χ1n) is 9.09. The Morgan fingerprint density at radius 2 is 1.71 bits per heavy atom. The summed E-state index contributed by atoms with van der Waals surface area (Å²) < 4.78 is 11.4. The molecule has 1 aromatic rings. The minimum absolute atomic E-state index is 0.256. The van der Waals surface area contributed by atoms with E-state index in [4.69, 9.17) is 9.16 Å². The number of hydrogen-bond acceptors (Lipinski definition) is 3. The van der Waals surface area contributed by atoms with Crippen LogP contribution >= 0.6 is 0 Å². The summed E-state index contributed by atoms with van der Waals surface area (Å²) in [5.41, 5.74) is 1.61. The number of rotatable bonds is 10. The molecule has 0 N–H and O–H groups in total. The highest BCUT2D eigenvalue weighted by atomic mass is 28.4. The molecule has 1 rings (SSSR count). The molecule has 0 unspecified atom stereocenters. The average Bonchev–Trinajstić information content (AvgIpc) is 2.55. The van der Waals surface area contributed by atoms with Gasteiger partial charge in [0.25, 0.3) is 0 Å². The molecular weight excluding hydrogens is 316 g/mol. The van der Waals surface area contributed by atoms with E-state index in [1.807, 2.05) is 38.1 Å². The van der Waals surface area contributed by atoms with Gasteiger partial charge in [-0.15, -0.1) is 0 Å². The van der Waals surface area contributed by atoms with Gasteiger partial charge in [0.2, 0.25) is 8.32 Å². The molecule has 0 bridgehead atoms. The lowest BCUT2D eigenvalue weighted by Crippen LogP contribution is -2.33. The summed E-state index contributed by atoms with van der Waals surface area (Å²) in [7, 11) is -2.08. The van der Waals surface area contributed by atoms with Crippen molar-refractivity contribution >= 4 is 19.5 Å². The molecule has 0 radical (unpaired) electrons. The molecule has 0 saturated carbocycles. The van der Waals surface area contributed by atoms with Crippen molar-refractivity contribution < 1.29 is 14.0 Å². The predicted molar refractivity (Wildman–Crippen MR) is 104 cm³/mol. The summed E-state index contributed by atoms with van der Waals surface area (Å²) in [5, 5.41) is 1.20. The second-order valence-electron chi connectivity index (χ2n) is 6.32. The van der Waals surface area contributed by atoms with Crippen LogP contribution in [0.1, 0.15) is 62.4 Å². The Hall–Kier alpha value is -1.39. The Balaban J connectivity index is 3.26. The van der Waals surface area contributed by atoms with Crippen molar-refractivity contribution in [2.75, 3.05) is 13.2 Å². The largest absolute Gasteiger partial charge is 0.462 e. The molecule has 134 valence electrons. The lowest BCUT2D eigenvalue weighted by molar-refractivity contribution is 0.0526. The first-order valence-corrected chi connectivity index (χ1v) is 12.0. The summed E-state index contributed by atoms with van der Waals surface area (Å²) in [6.07, 6.45) is 6.90. The van der Waals surface area contributed by atoms with Crippen molar-refractivity contribution in [2.45, 2.75) is 59.5 Å². The Bertz CT molecular complexity index is 550. The lowest BCUT2D eigenvalue weighted by Gasteiger charge is -2.27. The van der Waals surface area contributed by atoms with Gasteiger partial charge >= 0.3 is 5.97 Å². The molecule has 0 atom stereocenters. The second kappa shape index (κ2) is 10.5. The van der Waals surface area contributed by atoms with Gasteiger partial charge in [0.1, 0.15) is 0 Å². The van der Waals surface area contributed by atoms with Crippen LogP contribution in [0.2, 0.25) is 13.1 Å². The van der Waals surface area contributed by atoms with Crippen molar-refractivity contribution in [2.24, 2.45) is 0 Å². The van der Waals surface area contributed by atoms with E-state index < -0.39 is 8.32 Å². The number of benzene rings is 1. The lowest BCUT2D eigenvalue weighted by atomic mass is 10.1. The van der Waals surface area contributed by atoms with Crippen LogP contribution in [0.3, 0.4) is 0 Å². The van der Waals surface area contributed by atoms with Gasteiger partial charge < -0.3 is 9.16 Å². The molecular formula is C20H32O3Si. The number of unbranched alkanes of at least 4 members (excludes halogenated alkanes) is 3. The van der Waals surface area contributed by atoms with Crippen molar-refractivity contribution in [1.29, 1.82) is 0 Å². The summed E-state index contributed by atoms with van der Waals surface area (Å²) in [4.78, 5) is 12.4. The maximum atomic E-state index is 12.4. The maximum absolute atomic E-state index is 12.4. The van der Waals surface area contributed by atoms with Gasteiger partial charge in [-0.25, -0.2) is 4.79 Å². The van der Waals surface area contributed by atoms with E-state index >= 15 is 0 Å². The normalized spacial score (nSPS) is 12.3. The fraction of sp³-hybridized carbons (Fsp3) is 0.550. The quantitative estimate of drug-likeness (QED) is 0.313. The molecule has 0 saturated heterocycles. The summed E-state index contributed by atoms with van der Waals surface area (Å²) >= 11 is 0. The Morgan fingerprint density at radius 1 is 1.04 bits per heavy atom. The maximum Gasteiger partial charge on any atom is 0.338 e. The number of hydrogen-bond donors (Lipinski definition) is 0. The summed E-state index contributed by atoms with van der Waals surface area (Å²) in [6, 6.07) is 7.74. The number of esters is 1. The first kappa shape index (κ1) is 20.7. The van der Waals surface area contributed by atoms with Crippen LogP contribution in [0.25, 0.3) is 5.20 Å². The minimum Gasteiger partial charge on any atom is -0.462 e. The van der Waals surface area contributed by atoms with Crippen LogP contribution in [0.5, 0.6) is 0 Å². The van der Waals surface area contributed by atoms with E-state index in [-0.39, 0.29) is 5.97 Å². The fourth-order valence-corrected chi connectivity index (χ4v) is 5.24. The van der Waals surface area contributed by atoms with E-state index in [1.54, 1.807) is 0 Å². The van der Waals surface area contributed by atoms with Crippen LogP contribution in [0.4, 0.5) is 0 Å². The summed E-state index contributed by atoms with van der Waals surface area (Å²) in [6.45, 7) is 11.5. The topological polar surface area (TPSA) is 35.5 Å². The molecule has 0 fully saturated rings. The highest BCUT2D eigenvalue weighted by Gasteiger charge is 2.31. The van der Waals surface area contributed by atoms with Crippen LogP contribution in [0.15, 0.2) is 30.3 Å². The van der Waals surface area contributed by atoms with Crippen LogP contribution in [-0.2, 0) is 9.16 Å². The Morgan fingerprint density at radius 3 is 2.29 bits per heavy atom. The molecule has 3 nitrogen and oxygen atoms in total. The van der Waals surface area contributed by atoms with Crippen LogP contribution in [-0.4, -0.2) is 27.5 Å². The van der Waals surface area contributed by atoms with E-state index in [1.165, 1.54) is 18.0 Å². The third kappa shape index (κ3) is 5.91. The fourth-order valence-electron chi connectivity index (χ4n) is 2.86. The monoisotopic (exact) mass is 348 g/mol. The molecule has 0 amide bonds. The summed E-state index contributed by atoms with van der Waals surface area (Å²) in [5.74, 6) is -0.256. The van der Waals surface area contributed by atoms with E-state index in [0.717, 1.165) is 18.4 Å². The van der Waals surface area contributed by atoms with Gasteiger partial charge in [-0.1, -0.05) is 44.0 Å². The van der Waals surface area contributed by atoms with E-state index in [9.17, 15) is 4.79 Å². The van der Waals surface area contributed by atoms with Crippen molar-refractivity contribution in [3.63, 3.8) is 0 Å². The number of carbonyl (C=O) groups is 1. The number of ether oxygens (including phenoxy) is 1. The van der Waals surface area contributed by atoms with E-state index in [2.05, 4.69) is 26.1 Å². The van der Waals surface area contributed by atoms with Gasteiger partial charge in [-0.05, 0) is 56.6 Å². The third-order valence-electron chi connectivity index (χ3n) is 4.02. The number of carbonyl (C=O) groups excluding carboxylic acids is 1. The SMILES string of the molecule is CCCCC/C=C(\c1ccccc1C(=O)OCC)[Si](C)(C)OCC. The highest BCUT2D eigenvalue weighted by Crippen LogP contribution is 2.31. The van der Waals surface area contributed by atoms with Gasteiger partial charge in [0.05, 0.1) is 12.2 Å². The number of allylic oxidation sites excluding steroid dienone is 1. The molecule has 24 heavy (non-hydrogen) atoms. The average molecular weight is 349 g/mol. The zero-order valence-electron chi connectivity index (χ0n) is 15.9. The molecule has 0 aliphatic carbocycles. The zero-order valence-corrected chi connectivity index (χ0v) is 16.9. The van der Waals surface area contributed by atoms with Crippen molar-refractivity contribution in [3.05, 3.63) is 41.5 Å². The molecule has 1 aromatic carbocycles. The Kier molecular flexibility index (Phi) is 9.01. The molecule has 0 aliphatic rings. The molecule has 0 spiro atoms. The molecule has 4 heteroatoms. The molecule has 0 aliphatic heterocycles. The molecule has 0 aromatic heterocycles. The van der Waals surface area contributed by atoms with Gasteiger partial charge in [-0.2, -0.15) is 0 Å². The van der Waals surface area contributed by atoms with Gasteiger partial charge in [-0.3, -0.25) is 0 Å². The molecule has 0 heterocycles. The predicted octanol–water partition coefficient (Wildman–Crippen LogP) is 5.61. The van der Waals surface area contributed by atoms with Gasteiger partial charge in [0.15, 0.2) is 0 Å². The zero-order chi connectivity index (χ0) is 18.0. The van der Waals surface area contributed by atoms with E-state index in [0.29, 0.717) is 18.8 Å². The Labute approximate surface area is 148 Å². The first-order chi connectivity index (χ1) is 11.5. The van der Waals surface area contributed by atoms with Crippen LogP contribution < -0.4 is 0 Å². The van der Waals surface area contributed by atoms with Gasteiger partial charge in [0, 0.05) is 6.61 Å². The second-order valence-corrected chi connectivity index (χ2v) is 10.2. The van der Waals surface area contributed by atoms with Crippen LogP contribution in [0, 0.1) is 0 Å². The van der Waals surface area contributed by atoms with Crippen molar-refractivity contribution in [3.8, 4) is 0 Å². The third-order valence-corrected chi connectivity index (χ3v) is 6.80. The standard InChI is InChI=1S/C20H32O3Si/c1-6-9-10-11-16-19(24(4,5)23-8-3)17-14-12-13-15-18(17)20(21)22-7-2/h12-16H,6-11H2,1-5H3/b19-16+. The minimum atomic E-state index is -2.08.